The molecule has 0 unspecified atom stereocenters. The Morgan fingerprint density at radius 3 is 2.42 bits per heavy atom. The summed E-state index contributed by atoms with van der Waals surface area (Å²) in [4.78, 5) is 2.57. The predicted molar refractivity (Wildman–Crippen MR) is 84.0 cm³/mol. The maximum Gasteiger partial charge on any atom is 0.0407 e. The van der Waals surface area contributed by atoms with E-state index in [1.165, 1.54) is 32.4 Å². The van der Waals surface area contributed by atoms with E-state index in [1.54, 1.807) is 0 Å². The molecule has 1 saturated heterocycles. The highest BCUT2D eigenvalue weighted by Crippen LogP contribution is 2.33. The van der Waals surface area contributed by atoms with Crippen molar-refractivity contribution in [1.82, 2.24) is 4.90 Å². The molecule has 0 amide bonds. The van der Waals surface area contributed by atoms with Crippen molar-refractivity contribution in [1.29, 1.82) is 0 Å². The number of nitrogens with zero attached hydrogens (tertiary/aromatic N) is 1. The van der Waals surface area contributed by atoms with Crippen molar-refractivity contribution in [2.45, 2.75) is 33.1 Å². The third-order valence-corrected chi connectivity index (χ3v) is 4.77. The fourth-order valence-corrected chi connectivity index (χ4v) is 2.72. The van der Waals surface area contributed by atoms with Crippen LogP contribution in [-0.4, -0.2) is 31.1 Å². The van der Waals surface area contributed by atoms with Crippen LogP contribution >= 0.6 is 11.6 Å². The fourth-order valence-electron chi connectivity index (χ4n) is 2.60. The lowest BCUT2D eigenvalue weighted by atomic mass is 9.78. The molecule has 1 heterocycles. The van der Waals surface area contributed by atoms with E-state index >= 15 is 0 Å². The van der Waals surface area contributed by atoms with Gasteiger partial charge in [-0.15, -0.1) is 0 Å². The molecule has 0 radical (unpaired) electrons. The molecule has 2 rings (SSSR count). The van der Waals surface area contributed by atoms with E-state index in [-0.39, 0.29) is 0 Å². The van der Waals surface area contributed by atoms with Crippen LogP contribution < -0.4 is 5.32 Å². The van der Waals surface area contributed by atoms with Gasteiger partial charge in [0.2, 0.25) is 0 Å². The van der Waals surface area contributed by atoms with E-state index in [0.717, 1.165) is 23.8 Å². The maximum absolute atomic E-state index is 5.87. The largest absolute Gasteiger partial charge is 0.384 e. The molecule has 0 aromatic heterocycles. The second kappa shape index (κ2) is 6.62. The highest BCUT2D eigenvalue weighted by atomic mass is 35.5. The number of rotatable bonds is 5. The Kier molecular flexibility index (Phi) is 5.12. The van der Waals surface area contributed by atoms with Gasteiger partial charge in [0, 0.05) is 23.8 Å². The minimum absolute atomic E-state index is 0.583. The molecular weight excluding hydrogens is 256 g/mol. The summed E-state index contributed by atoms with van der Waals surface area (Å²) in [5, 5.41) is 4.25. The molecule has 0 bridgehead atoms. The summed E-state index contributed by atoms with van der Waals surface area (Å²) in [7, 11) is 0. The van der Waals surface area contributed by atoms with Crippen LogP contribution in [0.5, 0.6) is 0 Å². The first-order valence-electron chi connectivity index (χ1n) is 7.33. The van der Waals surface area contributed by atoms with Gasteiger partial charge in [-0.3, -0.25) is 0 Å². The Labute approximate surface area is 122 Å². The van der Waals surface area contributed by atoms with Crippen molar-refractivity contribution in [3.63, 3.8) is 0 Å². The summed E-state index contributed by atoms with van der Waals surface area (Å²) < 4.78 is 0. The first-order valence-corrected chi connectivity index (χ1v) is 7.71. The first kappa shape index (κ1) is 14.7. The molecule has 0 atom stereocenters. The molecule has 19 heavy (non-hydrogen) atoms. The van der Waals surface area contributed by atoms with Crippen LogP contribution in [0.2, 0.25) is 5.02 Å². The van der Waals surface area contributed by atoms with Gasteiger partial charge in [-0.1, -0.05) is 31.9 Å². The molecule has 0 spiro atoms. The van der Waals surface area contributed by atoms with Gasteiger partial charge in [-0.05, 0) is 55.6 Å². The number of likely N-dealkylation sites (tertiary alicyclic amines) is 1. The molecule has 2 nitrogen and oxygen atoms in total. The molecule has 0 saturated carbocycles. The lowest BCUT2D eigenvalue weighted by molar-refractivity contribution is 0.118. The normalized spacial score (nSPS) is 19.3. The van der Waals surface area contributed by atoms with Crippen LogP contribution in [0.1, 0.15) is 33.1 Å². The van der Waals surface area contributed by atoms with E-state index in [0.29, 0.717) is 5.41 Å². The second-order valence-electron chi connectivity index (χ2n) is 5.94. The molecule has 1 aromatic rings. The predicted octanol–water partition coefficient (Wildman–Crippen LogP) is 4.26. The Morgan fingerprint density at radius 1 is 1.21 bits per heavy atom. The van der Waals surface area contributed by atoms with Gasteiger partial charge in [0.15, 0.2) is 0 Å². The zero-order valence-electron chi connectivity index (χ0n) is 12.1. The molecule has 1 aromatic carbocycles. The highest BCUT2D eigenvalue weighted by Gasteiger charge is 2.27. The summed E-state index contributed by atoms with van der Waals surface area (Å²) in [5.41, 5.74) is 1.74. The zero-order chi connectivity index (χ0) is 13.7. The molecule has 1 N–H and O–H groups in total. The van der Waals surface area contributed by atoms with Crippen molar-refractivity contribution in [2.24, 2.45) is 5.41 Å². The first-order chi connectivity index (χ1) is 9.11. The minimum Gasteiger partial charge on any atom is -0.384 e. The van der Waals surface area contributed by atoms with E-state index in [4.69, 9.17) is 11.6 Å². The maximum atomic E-state index is 5.87. The van der Waals surface area contributed by atoms with Gasteiger partial charge in [0.25, 0.3) is 0 Å². The Morgan fingerprint density at radius 2 is 1.84 bits per heavy atom. The topological polar surface area (TPSA) is 15.3 Å². The van der Waals surface area contributed by atoms with Crippen LogP contribution in [0.4, 0.5) is 5.69 Å². The van der Waals surface area contributed by atoms with Gasteiger partial charge in [-0.2, -0.15) is 0 Å². The van der Waals surface area contributed by atoms with Gasteiger partial charge < -0.3 is 10.2 Å². The monoisotopic (exact) mass is 280 g/mol. The third kappa shape index (κ3) is 4.39. The van der Waals surface area contributed by atoms with E-state index < -0.39 is 0 Å². The van der Waals surface area contributed by atoms with Gasteiger partial charge in [-0.25, -0.2) is 0 Å². The summed E-state index contributed by atoms with van der Waals surface area (Å²) >= 11 is 5.87. The molecule has 0 aliphatic carbocycles. The number of nitrogens with one attached hydrogen (secondary N) is 1. The van der Waals surface area contributed by atoms with Crippen LogP contribution in [-0.2, 0) is 0 Å². The smallest absolute Gasteiger partial charge is 0.0407 e. The van der Waals surface area contributed by atoms with Crippen LogP contribution in [0.25, 0.3) is 0 Å². The Balaban J connectivity index is 1.68. The van der Waals surface area contributed by atoms with Crippen molar-refractivity contribution in [2.75, 3.05) is 31.5 Å². The average Bonchev–Trinajstić information content (AvgIpc) is 2.43. The Hall–Kier alpha value is -0.730. The summed E-state index contributed by atoms with van der Waals surface area (Å²) in [6.07, 6.45) is 3.98. The van der Waals surface area contributed by atoms with Gasteiger partial charge >= 0.3 is 0 Å². The van der Waals surface area contributed by atoms with E-state index in [9.17, 15) is 0 Å². The number of hydrogen-bond acceptors (Lipinski definition) is 2. The number of hydrogen-bond donors (Lipinski definition) is 1. The van der Waals surface area contributed by atoms with Gasteiger partial charge in [0.05, 0.1) is 0 Å². The van der Waals surface area contributed by atoms with E-state index in [2.05, 4.69) is 24.1 Å². The van der Waals surface area contributed by atoms with Gasteiger partial charge in [0.1, 0.15) is 0 Å². The standard InChI is InChI=1S/C16H25ClN2/c1-3-16(2)8-11-19(12-9-16)13-10-18-15-6-4-14(17)5-7-15/h4-7,18H,3,8-13H2,1-2H3. The van der Waals surface area contributed by atoms with Crippen molar-refractivity contribution in [3.05, 3.63) is 29.3 Å². The van der Waals surface area contributed by atoms with Crippen molar-refractivity contribution in [3.8, 4) is 0 Å². The summed E-state index contributed by atoms with van der Waals surface area (Å²) in [5.74, 6) is 0. The lowest BCUT2D eigenvalue weighted by Crippen LogP contribution is -2.40. The van der Waals surface area contributed by atoms with Crippen LogP contribution in [0.3, 0.4) is 0 Å². The molecule has 106 valence electrons. The minimum atomic E-state index is 0.583. The zero-order valence-corrected chi connectivity index (χ0v) is 12.8. The van der Waals surface area contributed by atoms with Crippen molar-refractivity contribution < 1.29 is 0 Å². The average molecular weight is 281 g/mol. The number of piperidine rings is 1. The van der Waals surface area contributed by atoms with Crippen LogP contribution in [0.15, 0.2) is 24.3 Å². The SMILES string of the molecule is CCC1(C)CCN(CCNc2ccc(Cl)cc2)CC1. The summed E-state index contributed by atoms with van der Waals surface area (Å²) in [6.45, 7) is 9.36. The summed E-state index contributed by atoms with van der Waals surface area (Å²) in [6, 6.07) is 7.92. The van der Waals surface area contributed by atoms with Crippen LogP contribution in [0, 0.1) is 5.41 Å². The number of anilines is 1. The molecular formula is C16H25ClN2. The molecule has 1 aliphatic rings. The molecule has 1 fully saturated rings. The number of halogens is 1. The third-order valence-electron chi connectivity index (χ3n) is 4.52. The van der Waals surface area contributed by atoms with Crippen molar-refractivity contribution >= 4 is 17.3 Å². The Bertz CT molecular complexity index is 380. The molecule has 3 heteroatoms. The van der Waals surface area contributed by atoms with E-state index in [1.807, 2.05) is 24.3 Å². The second-order valence-corrected chi connectivity index (χ2v) is 6.38. The molecule has 1 aliphatic heterocycles. The highest BCUT2D eigenvalue weighted by molar-refractivity contribution is 6.30. The lowest BCUT2D eigenvalue weighted by Gasteiger charge is -2.39. The fraction of sp³-hybridized carbons (Fsp3) is 0.625. The quantitative estimate of drug-likeness (QED) is 0.867. The number of benzene rings is 1.